The van der Waals surface area contributed by atoms with Crippen LogP contribution in [0.4, 0.5) is 17.5 Å². The first-order chi connectivity index (χ1) is 12.7. The number of aromatic nitrogens is 3. The molecule has 0 unspecified atom stereocenters. The molecule has 0 aliphatic heterocycles. The lowest BCUT2D eigenvalue weighted by Crippen LogP contribution is -2.21. The number of nitrogens with one attached hydrogen (secondary N) is 1. The summed E-state index contributed by atoms with van der Waals surface area (Å²) >= 11 is 6.16. The number of pyridine rings is 1. The van der Waals surface area contributed by atoms with E-state index in [1.54, 1.807) is 25.4 Å². The van der Waals surface area contributed by atoms with Crippen LogP contribution in [0.3, 0.4) is 0 Å². The second-order valence-electron chi connectivity index (χ2n) is 5.74. The molecule has 26 heavy (non-hydrogen) atoms. The maximum absolute atomic E-state index is 6.16. The number of methoxy groups -OCH3 is 1. The number of nitrogens with zero attached hydrogens (tertiary/aromatic N) is 4. The predicted octanol–water partition coefficient (Wildman–Crippen LogP) is 3.96. The first-order valence-electron chi connectivity index (χ1n) is 8.19. The van der Waals surface area contributed by atoms with Crippen LogP contribution in [0.5, 0.6) is 5.75 Å². The molecule has 2 aromatic heterocycles. The Hall–Kier alpha value is -2.86. The lowest BCUT2D eigenvalue weighted by atomic mass is 10.2. The fourth-order valence-corrected chi connectivity index (χ4v) is 2.71. The average molecular weight is 370 g/mol. The summed E-state index contributed by atoms with van der Waals surface area (Å²) in [6, 6.07) is 11.4. The highest BCUT2D eigenvalue weighted by atomic mass is 35.5. The Kier molecular flexibility index (Phi) is 5.86. The van der Waals surface area contributed by atoms with Crippen LogP contribution >= 0.6 is 11.6 Å². The minimum Gasteiger partial charge on any atom is -0.495 e. The van der Waals surface area contributed by atoms with E-state index in [1.165, 1.54) is 5.56 Å². The predicted molar refractivity (Wildman–Crippen MR) is 105 cm³/mol. The van der Waals surface area contributed by atoms with E-state index >= 15 is 0 Å². The van der Waals surface area contributed by atoms with Crippen LogP contribution in [0.1, 0.15) is 5.56 Å². The quantitative estimate of drug-likeness (QED) is 0.680. The summed E-state index contributed by atoms with van der Waals surface area (Å²) in [6.07, 6.45) is 6.27. The molecule has 0 aliphatic carbocycles. The van der Waals surface area contributed by atoms with Crippen molar-refractivity contribution in [3.05, 3.63) is 65.6 Å². The molecule has 0 saturated carbocycles. The van der Waals surface area contributed by atoms with Crippen molar-refractivity contribution < 1.29 is 4.74 Å². The van der Waals surface area contributed by atoms with Crippen molar-refractivity contribution in [3.63, 3.8) is 0 Å². The summed E-state index contributed by atoms with van der Waals surface area (Å²) in [4.78, 5) is 15.0. The van der Waals surface area contributed by atoms with Gasteiger partial charge in [0.2, 0.25) is 5.95 Å². The van der Waals surface area contributed by atoms with E-state index in [0.29, 0.717) is 16.7 Å². The van der Waals surface area contributed by atoms with Gasteiger partial charge in [-0.05, 0) is 48.4 Å². The van der Waals surface area contributed by atoms with Crippen molar-refractivity contribution >= 4 is 29.1 Å². The van der Waals surface area contributed by atoms with Crippen LogP contribution in [-0.4, -0.2) is 35.7 Å². The Morgan fingerprint density at radius 2 is 1.92 bits per heavy atom. The van der Waals surface area contributed by atoms with Gasteiger partial charge in [-0.2, -0.15) is 4.98 Å². The molecule has 1 N–H and O–H groups in total. The van der Waals surface area contributed by atoms with Gasteiger partial charge in [0.05, 0.1) is 12.1 Å². The van der Waals surface area contributed by atoms with Crippen molar-refractivity contribution in [1.29, 1.82) is 0 Å². The summed E-state index contributed by atoms with van der Waals surface area (Å²) < 4.78 is 5.16. The van der Waals surface area contributed by atoms with Crippen LogP contribution in [0, 0.1) is 0 Å². The van der Waals surface area contributed by atoms with E-state index in [1.807, 2.05) is 43.7 Å². The Balaban J connectivity index is 1.66. The molecule has 1 aromatic carbocycles. The Labute approximate surface area is 157 Å². The van der Waals surface area contributed by atoms with Gasteiger partial charge in [-0.15, -0.1) is 0 Å². The van der Waals surface area contributed by atoms with Gasteiger partial charge in [0.15, 0.2) is 0 Å². The van der Waals surface area contributed by atoms with Gasteiger partial charge in [-0.25, -0.2) is 4.98 Å². The zero-order valence-electron chi connectivity index (χ0n) is 14.7. The normalized spacial score (nSPS) is 10.4. The van der Waals surface area contributed by atoms with Crippen molar-refractivity contribution in [3.8, 4) is 5.75 Å². The van der Waals surface area contributed by atoms with Gasteiger partial charge in [0.25, 0.3) is 0 Å². The number of benzene rings is 1. The largest absolute Gasteiger partial charge is 0.495 e. The van der Waals surface area contributed by atoms with E-state index in [2.05, 4.69) is 25.2 Å². The Bertz CT molecular complexity index is 860. The second kappa shape index (κ2) is 8.49. The number of rotatable bonds is 7. The fourth-order valence-electron chi connectivity index (χ4n) is 2.46. The number of likely N-dealkylation sites (N-methyl/N-ethyl adjacent to an activating group) is 1. The molecule has 0 spiro atoms. The lowest BCUT2D eigenvalue weighted by molar-refractivity contribution is 0.415. The van der Waals surface area contributed by atoms with Gasteiger partial charge in [0, 0.05) is 37.9 Å². The summed E-state index contributed by atoms with van der Waals surface area (Å²) in [7, 11) is 3.60. The molecule has 0 radical (unpaired) electrons. The molecule has 3 rings (SSSR count). The molecule has 2 heterocycles. The number of halogens is 1. The van der Waals surface area contributed by atoms with Gasteiger partial charge in [-0.1, -0.05) is 11.6 Å². The highest BCUT2D eigenvalue weighted by molar-refractivity contribution is 6.32. The molecular formula is C19H20ClN5O. The highest BCUT2D eigenvalue weighted by Gasteiger charge is 2.07. The molecule has 0 atom stereocenters. The van der Waals surface area contributed by atoms with Crippen molar-refractivity contribution in [2.24, 2.45) is 0 Å². The van der Waals surface area contributed by atoms with Crippen molar-refractivity contribution in [2.75, 3.05) is 30.9 Å². The molecule has 6 nitrogen and oxygen atoms in total. The van der Waals surface area contributed by atoms with E-state index in [9.17, 15) is 0 Å². The Morgan fingerprint density at radius 1 is 1.12 bits per heavy atom. The molecule has 0 fully saturated rings. The highest BCUT2D eigenvalue weighted by Crippen LogP contribution is 2.28. The third kappa shape index (κ3) is 4.61. The number of hydrogen-bond acceptors (Lipinski definition) is 6. The minimum atomic E-state index is 0.513. The Morgan fingerprint density at radius 3 is 2.65 bits per heavy atom. The first kappa shape index (κ1) is 17.9. The van der Waals surface area contributed by atoms with E-state index in [4.69, 9.17) is 16.3 Å². The van der Waals surface area contributed by atoms with Gasteiger partial charge < -0.3 is 15.0 Å². The summed E-state index contributed by atoms with van der Waals surface area (Å²) in [5.41, 5.74) is 2.04. The van der Waals surface area contributed by atoms with Crippen LogP contribution in [0.25, 0.3) is 0 Å². The fraction of sp³-hybridized carbons (Fsp3) is 0.211. The number of hydrogen-bond donors (Lipinski definition) is 1. The van der Waals surface area contributed by atoms with Crippen LogP contribution in [-0.2, 0) is 6.42 Å². The van der Waals surface area contributed by atoms with Crippen molar-refractivity contribution in [2.45, 2.75) is 6.42 Å². The number of ether oxygens (including phenoxy) is 1. The average Bonchev–Trinajstić information content (AvgIpc) is 2.67. The van der Waals surface area contributed by atoms with E-state index < -0.39 is 0 Å². The van der Waals surface area contributed by atoms with Crippen molar-refractivity contribution in [1.82, 2.24) is 15.0 Å². The SMILES string of the molecule is COc1ccc(Nc2nccc(N(C)CCc3ccncc3)n2)cc1Cl. The topological polar surface area (TPSA) is 63.2 Å². The van der Waals surface area contributed by atoms with Crippen LogP contribution in [0.2, 0.25) is 5.02 Å². The van der Waals surface area contributed by atoms with Gasteiger partial charge >= 0.3 is 0 Å². The standard InChI is InChI=1S/C19H20ClN5O/c1-25(12-8-14-5-9-21-10-6-14)18-7-11-22-19(24-18)23-15-3-4-17(26-2)16(20)13-15/h3-7,9-11,13H,8,12H2,1-2H3,(H,22,23,24). The molecule has 0 saturated heterocycles. The minimum absolute atomic E-state index is 0.513. The molecular weight excluding hydrogens is 350 g/mol. The van der Waals surface area contributed by atoms with Crippen LogP contribution in [0.15, 0.2) is 55.0 Å². The van der Waals surface area contributed by atoms with Gasteiger partial charge in [-0.3, -0.25) is 4.98 Å². The molecule has 3 aromatic rings. The number of anilines is 3. The smallest absolute Gasteiger partial charge is 0.229 e. The molecule has 134 valence electrons. The monoisotopic (exact) mass is 369 g/mol. The first-order valence-corrected chi connectivity index (χ1v) is 8.57. The zero-order chi connectivity index (χ0) is 18.4. The van der Waals surface area contributed by atoms with E-state index in [-0.39, 0.29) is 0 Å². The molecule has 0 aliphatic rings. The zero-order valence-corrected chi connectivity index (χ0v) is 15.4. The maximum atomic E-state index is 6.16. The third-order valence-corrected chi connectivity index (χ3v) is 4.22. The summed E-state index contributed by atoms with van der Waals surface area (Å²) in [6.45, 7) is 0.842. The second-order valence-corrected chi connectivity index (χ2v) is 6.15. The third-order valence-electron chi connectivity index (χ3n) is 3.93. The van der Waals surface area contributed by atoms with Gasteiger partial charge in [0.1, 0.15) is 11.6 Å². The van der Waals surface area contributed by atoms with Crippen LogP contribution < -0.4 is 15.0 Å². The molecule has 0 amide bonds. The molecule has 0 bridgehead atoms. The van der Waals surface area contributed by atoms with E-state index in [0.717, 1.165) is 24.5 Å². The molecule has 7 heteroatoms. The summed E-state index contributed by atoms with van der Waals surface area (Å²) in [5, 5.41) is 3.70. The maximum Gasteiger partial charge on any atom is 0.229 e. The summed E-state index contributed by atoms with van der Waals surface area (Å²) in [5.74, 6) is 1.98. The lowest BCUT2D eigenvalue weighted by Gasteiger charge is -2.18.